The predicted molar refractivity (Wildman–Crippen MR) is 72.9 cm³/mol. The molecule has 0 heterocycles. The summed E-state index contributed by atoms with van der Waals surface area (Å²) in [4.78, 5) is 0. The van der Waals surface area contributed by atoms with Gasteiger partial charge in [0.1, 0.15) is 18.5 Å². The van der Waals surface area contributed by atoms with Crippen LogP contribution < -0.4 is 16.2 Å². The van der Waals surface area contributed by atoms with E-state index in [1.54, 1.807) is 24.3 Å². The molecule has 5 N–H and O–H groups in total. The fourth-order valence-corrected chi connectivity index (χ4v) is 1.43. The van der Waals surface area contributed by atoms with Crippen LogP contribution >= 0.6 is 0 Å². The zero-order valence-corrected chi connectivity index (χ0v) is 10.8. The van der Waals surface area contributed by atoms with Crippen molar-refractivity contribution in [2.24, 2.45) is 11.1 Å². The number of terminal acetylenes is 1. The van der Waals surface area contributed by atoms with Gasteiger partial charge in [0, 0.05) is 17.1 Å². The monoisotopic (exact) mass is 248 g/mol. The van der Waals surface area contributed by atoms with Gasteiger partial charge in [0.25, 0.3) is 0 Å². The van der Waals surface area contributed by atoms with Crippen molar-refractivity contribution in [2.75, 3.05) is 12.3 Å². The third-order valence-corrected chi connectivity index (χ3v) is 2.92. The number of hydrogen-bond donors (Lipinski definition) is 3. The lowest BCUT2D eigenvalue weighted by molar-refractivity contribution is 0.0591. The van der Waals surface area contributed by atoms with Gasteiger partial charge in [-0.15, -0.1) is 6.42 Å². The number of hydrogen-bond acceptors (Lipinski definition) is 4. The van der Waals surface area contributed by atoms with Gasteiger partial charge in [0.2, 0.25) is 0 Å². The smallest absolute Gasteiger partial charge is 0.119 e. The molecular weight excluding hydrogens is 228 g/mol. The van der Waals surface area contributed by atoms with Crippen molar-refractivity contribution in [3.05, 3.63) is 24.3 Å². The first kappa shape index (κ1) is 14.4. The van der Waals surface area contributed by atoms with Crippen molar-refractivity contribution in [1.82, 2.24) is 0 Å². The van der Waals surface area contributed by atoms with Crippen molar-refractivity contribution in [2.45, 2.75) is 26.0 Å². The van der Waals surface area contributed by atoms with Crippen LogP contribution in [0.1, 0.15) is 13.8 Å². The molecule has 98 valence electrons. The Labute approximate surface area is 108 Å². The summed E-state index contributed by atoms with van der Waals surface area (Å²) in [6.07, 6.45) is 4.55. The normalized spacial score (nSPS) is 14.6. The molecule has 0 aliphatic carbocycles. The lowest BCUT2D eigenvalue weighted by Crippen LogP contribution is -2.48. The van der Waals surface area contributed by atoms with Gasteiger partial charge in [0.05, 0.1) is 0 Å². The van der Waals surface area contributed by atoms with Gasteiger partial charge in [-0.25, -0.2) is 0 Å². The number of anilines is 1. The van der Waals surface area contributed by atoms with Crippen LogP contribution in [0.25, 0.3) is 0 Å². The first-order chi connectivity index (χ1) is 8.36. The van der Waals surface area contributed by atoms with Crippen molar-refractivity contribution >= 4 is 5.69 Å². The highest BCUT2D eigenvalue weighted by Gasteiger charge is 2.30. The Hall–Kier alpha value is -1.70. The summed E-state index contributed by atoms with van der Waals surface area (Å²) < 4.78 is 5.43. The molecule has 2 unspecified atom stereocenters. The van der Waals surface area contributed by atoms with Crippen LogP contribution in [0.15, 0.2) is 24.3 Å². The van der Waals surface area contributed by atoms with Crippen LogP contribution in [-0.4, -0.2) is 23.9 Å². The average molecular weight is 248 g/mol. The lowest BCUT2D eigenvalue weighted by atomic mass is 9.83. The van der Waals surface area contributed by atoms with E-state index in [-0.39, 0.29) is 6.61 Å². The minimum atomic E-state index is -0.825. The van der Waals surface area contributed by atoms with E-state index >= 15 is 0 Å². The summed E-state index contributed by atoms with van der Waals surface area (Å²) in [5.74, 6) is 3.20. The van der Waals surface area contributed by atoms with E-state index in [4.69, 9.17) is 22.6 Å². The number of nitrogen functional groups attached to an aromatic ring is 1. The predicted octanol–water partition coefficient (Wildman–Crippen LogP) is 0.995. The van der Waals surface area contributed by atoms with E-state index < -0.39 is 17.6 Å². The molecule has 0 aliphatic heterocycles. The summed E-state index contributed by atoms with van der Waals surface area (Å²) in [6, 6.07) is 6.39. The second-order valence-corrected chi connectivity index (χ2v) is 4.84. The second-order valence-electron chi connectivity index (χ2n) is 4.84. The fourth-order valence-electron chi connectivity index (χ4n) is 1.43. The molecule has 0 bridgehead atoms. The highest BCUT2D eigenvalue weighted by Crippen LogP contribution is 2.21. The number of rotatable bonds is 5. The Balaban J connectivity index is 2.54. The van der Waals surface area contributed by atoms with Gasteiger partial charge < -0.3 is 21.3 Å². The zero-order chi connectivity index (χ0) is 13.8. The maximum absolute atomic E-state index is 9.93. The third kappa shape index (κ3) is 3.66. The number of benzene rings is 1. The Morgan fingerprint density at radius 2 is 1.94 bits per heavy atom. The molecule has 1 rings (SSSR count). The third-order valence-electron chi connectivity index (χ3n) is 2.92. The van der Waals surface area contributed by atoms with E-state index in [0.29, 0.717) is 11.4 Å². The molecule has 0 aliphatic rings. The molecule has 4 heteroatoms. The minimum Gasteiger partial charge on any atom is -0.491 e. The molecule has 0 amide bonds. The van der Waals surface area contributed by atoms with E-state index in [1.807, 2.05) is 13.8 Å². The quantitative estimate of drug-likeness (QED) is 0.536. The van der Waals surface area contributed by atoms with Crippen molar-refractivity contribution in [1.29, 1.82) is 0 Å². The summed E-state index contributed by atoms with van der Waals surface area (Å²) in [6.45, 7) is 3.71. The van der Waals surface area contributed by atoms with Crippen LogP contribution in [-0.2, 0) is 0 Å². The first-order valence-corrected chi connectivity index (χ1v) is 5.76. The largest absolute Gasteiger partial charge is 0.491 e. The summed E-state index contributed by atoms with van der Waals surface area (Å²) in [5.41, 5.74) is 11.5. The van der Waals surface area contributed by atoms with Crippen LogP contribution in [0.5, 0.6) is 5.75 Å². The first-order valence-electron chi connectivity index (χ1n) is 5.76. The topological polar surface area (TPSA) is 81.5 Å². The van der Waals surface area contributed by atoms with E-state index in [0.717, 1.165) is 0 Å². The molecule has 0 saturated carbocycles. The maximum atomic E-state index is 9.93. The van der Waals surface area contributed by atoms with Crippen molar-refractivity contribution < 1.29 is 9.84 Å². The van der Waals surface area contributed by atoms with Gasteiger partial charge >= 0.3 is 0 Å². The zero-order valence-electron chi connectivity index (χ0n) is 10.8. The fraction of sp³-hybridized carbons (Fsp3) is 0.429. The molecule has 1 aromatic carbocycles. The number of ether oxygens (including phenoxy) is 1. The van der Waals surface area contributed by atoms with Gasteiger partial charge in [0.15, 0.2) is 0 Å². The second kappa shape index (κ2) is 5.76. The Bertz CT molecular complexity index is 420. The molecule has 18 heavy (non-hydrogen) atoms. The molecule has 4 nitrogen and oxygen atoms in total. The summed E-state index contributed by atoms with van der Waals surface area (Å²) >= 11 is 0. The molecule has 2 atom stereocenters. The number of aliphatic hydroxyl groups is 1. The van der Waals surface area contributed by atoms with Crippen molar-refractivity contribution in [3.8, 4) is 18.1 Å². The highest BCUT2D eigenvalue weighted by atomic mass is 16.5. The van der Waals surface area contributed by atoms with Gasteiger partial charge in [-0.1, -0.05) is 5.92 Å². The molecule has 0 fully saturated rings. The SMILES string of the molecule is C#CC(C)(C)C(N)C(O)COc1ccc(N)cc1. The van der Waals surface area contributed by atoms with E-state index in [9.17, 15) is 5.11 Å². The Morgan fingerprint density at radius 1 is 1.39 bits per heavy atom. The number of nitrogens with two attached hydrogens (primary N) is 2. The molecule has 0 aromatic heterocycles. The maximum Gasteiger partial charge on any atom is 0.119 e. The number of aliphatic hydroxyl groups excluding tert-OH is 1. The van der Waals surface area contributed by atoms with Crippen LogP contribution in [0.4, 0.5) is 5.69 Å². The highest BCUT2D eigenvalue weighted by molar-refractivity contribution is 5.41. The van der Waals surface area contributed by atoms with Gasteiger partial charge in [-0.05, 0) is 38.1 Å². The van der Waals surface area contributed by atoms with Crippen LogP contribution in [0.3, 0.4) is 0 Å². The standard InChI is InChI=1S/C14H20N2O2/c1-4-14(2,3)13(16)12(17)9-18-11-7-5-10(15)6-8-11/h1,5-8,12-13,17H,9,15-16H2,2-3H3. The Morgan fingerprint density at radius 3 is 2.44 bits per heavy atom. The summed E-state index contributed by atoms with van der Waals surface area (Å²) in [5, 5.41) is 9.93. The van der Waals surface area contributed by atoms with Gasteiger partial charge in [-0.3, -0.25) is 0 Å². The average Bonchev–Trinajstić information content (AvgIpc) is 2.36. The summed E-state index contributed by atoms with van der Waals surface area (Å²) in [7, 11) is 0. The Kier molecular flexibility index (Phi) is 4.60. The molecule has 0 radical (unpaired) electrons. The lowest BCUT2D eigenvalue weighted by Gasteiger charge is -2.30. The molecular formula is C14H20N2O2. The van der Waals surface area contributed by atoms with Gasteiger partial charge in [-0.2, -0.15) is 0 Å². The van der Waals surface area contributed by atoms with E-state index in [1.165, 1.54) is 0 Å². The minimum absolute atomic E-state index is 0.0934. The van der Waals surface area contributed by atoms with Crippen LogP contribution in [0.2, 0.25) is 0 Å². The van der Waals surface area contributed by atoms with Crippen LogP contribution in [0, 0.1) is 17.8 Å². The molecule has 1 aromatic rings. The molecule has 0 saturated heterocycles. The van der Waals surface area contributed by atoms with Crippen molar-refractivity contribution in [3.63, 3.8) is 0 Å². The molecule has 0 spiro atoms. The van der Waals surface area contributed by atoms with E-state index in [2.05, 4.69) is 5.92 Å².